The normalized spacial score (nSPS) is 31.6. The van der Waals surface area contributed by atoms with E-state index in [4.69, 9.17) is 11.5 Å². The fourth-order valence-electron chi connectivity index (χ4n) is 6.74. The van der Waals surface area contributed by atoms with E-state index in [-0.39, 0.29) is 49.7 Å². The maximum atomic E-state index is 13.5. The van der Waals surface area contributed by atoms with E-state index in [9.17, 15) is 24.6 Å². The molecule has 9 N–H and O–H groups in total. The Balaban J connectivity index is 1.31. The second-order valence-corrected chi connectivity index (χ2v) is 10.8. The molecule has 0 aromatic heterocycles. The van der Waals surface area contributed by atoms with Crippen LogP contribution in [-0.2, 0) is 22.4 Å². The van der Waals surface area contributed by atoms with Crippen LogP contribution in [0.3, 0.4) is 0 Å². The SMILES string of the molecule is NC1=NC2C(CN3C(=O)CCC3=O)NC(N)=[N+]3CC(NC(=O)c4cccc5c4CCCCC5)C(O)(O)C23N1. The molecule has 4 atom stereocenters. The average molecular weight is 526 g/mol. The summed E-state index contributed by atoms with van der Waals surface area (Å²) in [6.45, 7) is -0.118. The molecule has 4 aliphatic heterocycles. The lowest BCUT2D eigenvalue weighted by Crippen LogP contribution is -2.79. The standard InChI is InChI=1S/C25H32N8O5/c26-22-30-20-16(11-32-18(34)9-10-19(32)35)28-23(27)33-12-17(25(37,38)24(20,33)31-22)29-21(36)15-8-4-6-13-5-2-1-3-7-14(13)15/h4,6,8,16-17,20,37-38H,1-3,5,7,9-12H2,(H6,26,27,28,29,30,31,36)/p+1. The van der Waals surface area contributed by atoms with E-state index in [1.54, 1.807) is 6.07 Å². The van der Waals surface area contributed by atoms with Gasteiger partial charge in [0.2, 0.25) is 23.3 Å². The number of aliphatic imine (C=N–C) groups is 1. The monoisotopic (exact) mass is 525 g/mol. The van der Waals surface area contributed by atoms with E-state index in [1.165, 1.54) is 4.58 Å². The number of aryl methyl sites for hydroxylation is 1. The van der Waals surface area contributed by atoms with E-state index in [2.05, 4.69) is 20.9 Å². The fourth-order valence-corrected chi connectivity index (χ4v) is 6.74. The van der Waals surface area contributed by atoms with E-state index in [0.29, 0.717) is 5.56 Å². The van der Waals surface area contributed by atoms with Crippen LogP contribution in [0.5, 0.6) is 0 Å². The maximum absolute atomic E-state index is 13.5. The first kappa shape index (κ1) is 24.6. The van der Waals surface area contributed by atoms with Crippen molar-refractivity contribution in [2.24, 2.45) is 16.5 Å². The van der Waals surface area contributed by atoms with Crippen molar-refractivity contribution in [2.75, 3.05) is 13.1 Å². The summed E-state index contributed by atoms with van der Waals surface area (Å²) in [5.74, 6) is -3.57. The number of aliphatic hydroxyl groups is 2. The smallest absolute Gasteiger partial charge is 0.346 e. The average Bonchev–Trinajstić information content (AvgIpc) is 3.37. The summed E-state index contributed by atoms with van der Waals surface area (Å²) in [4.78, 5) is 43.6. The first-order valence-electron chi connectivity index (χ1n) is 13.1. The van der Waals surface area contributed by atoms with Crippen LogP contribution in [0, 0.1) is 0 Å². The van der Waals surface area contributed by atoms with Crippen LogP contribution in [0.1, 0.15) is 53.6 Å². The molecule has 13 nitrogen and oxygen atoms in total. The second-order valence-electron chi connectivity index (χ2n) is 10.8. The van der Waals surface area contributed by atoms with Gasteiger partial charge in [0.1, 0.15) is 18.1 Å². The molecule has 0 bridgehead atoms. The third-order valence-corrected chi connectivity index (χ3v) is 8.60. The van der Waals surface area contributed by atoms with Gasteiger partial charge in [-0.2, -0.15) is 0 Å². The molecule has 38 heavy (non-hydrogen) atoms. The van der Waals surface area contributed by atoms with Crippen molar-refractivity contribution < 1.29 is 29.2 Å². The number of likely N-dealkylation sites (tertiary alicyclic amines) is 1. The summed E-state index contributed by atoms with van der Waals surface area (Å²) >= 11 is 0. The van der Waals surface area contributed by atoms with Crippen LogP contribution in [0.25, 0.3) is 0 Å². The van der Waals surface area contributed by atoms with Gasteiger partial charge in [0.05, 0.1) is 13.1 Å². The summed E-state index contributed by atoms with van der Waals surface area (Å²) in [5.41, 5.74) is 13.3. The maximum Gasteiger partial charge on any atom is 0.346 e. The molecule has 3 amide bonds. The van der Waals surface area contributed by atoms with Gasteiger partial charge < -0.3 is 26.6 Å². The zero-order valence-corrected chi connectivity index (χ0v) is 20.9. The topological polar surface area (TPSA) is 198 Å². The van der Waals surface area contributed by atoms with Crippen LogP contribution >= 0.6 is 0 Å². The number of hydrogen-bond donors (Lipinski definition) is 7. The highest BCUT2D eigenvalue weighted by molar-refractivity contribution is 6.02. The molecule has 4 unspecified atom stereocenters. The van der Waals surface area contributed by atoms with Gasteiger partial charge in [0.15, 0.2) is 5.96 Å². The van der Waals surface area contributed by atoms with Gasteiger partial charge in [0, 0.05) is 18.4 Å². The highest BCUT2D eigenvalue weighted by atomic mass is 16.5. The number of imide groups is 1. The minimum absolute atomic E-state index is 0.0478. The second kappa shape index (κ2) is 8.67. The predicted octanol–water partition coefficient (Wildman–Crippen LogP) is -2.82. The Morgan fingerprint density at radius 2 is 1.87 bits per heavy atom. The molecule has 2 fully saturated rings. The van der Waals surface area contributed by atoms with Crippen molar-refractivity contribution in [1.82, 2.24) is 20.9 Å². The van der Waals surface area contributed by atoms with E-state index >= 15 is 0 Å². The number of nitrogens with two attached hydrogens (primary N) is 2. The molecule has 13 heteroatoms. The number of benzene rings is 1. The van der Waals surface area contributed by atoms with Crippen LogP contribution in [0.4, 0.5) is 0 Å². The lowest BCUT2D eigenvalue weighted by Gasteiger charge is -2.44. The third kappa shape index (κ3) is 3.48. The molecule has 0 radical (unpaired) electrons. The Morgan fingerprint density at radius 3 is 2.63 bits per heavy atom. The zero-order valence-electron chi connectivity index (χ0n) is 20.9. The third-order valence-electron chi connectivity index (χ3n) is 8.60. The molecule has 1 spiro atoms. The number of carbonyl (C=O) groups is 3. The van der Waals surface area contributed by atoms with Gasteiger partial charge in [-0.05, 0) is 42.9 Å². The molecule has 6 rings (SSSR count). The Hall–Kier alpha value is -3.71. The molecule has 5 aliphatic rings. The Bertz CT molecular complexity index is 1280. The van der Waals surface area contributed by atoms with Crippen molar-refractivity contribution in [3.05, 3.63) is 34.9 Å². The molecule has 2 saturated heterocycles. The number of nitrogens with zero attached hydrogens (tertiary/aromatic N) is 3. The lowest BCUT2D eigenvalue weighted by atomic mass is 9.85. The largest absolute Gasteiger partial charge is 0.370 e. The van der Waals surface area contributed by atoms with Crippen molar-refractivity contribution in [3.63, 3.8) is 0 Å². The number of nitrogens with one attached hydrogen (secondary N) is 3. The molecule has 4 heterocycles. The van der Waals surface area contributed by atoms with E-state index < -0.39 is 35.5 Å². The Labute approximate surface area is 218 Å². The van der Waals surface area contributed by atoms with Crippen LogP contribution in [0.2, 0.25) is 0 Å². The minimum Gasteiger partial charge on any atom is -0.370 e. The number of hydrogen-bond acceptors (Lipinski definition) is 10. The molecule has 1 aromatic carbocycles. The van der Waals surface area contributed by atoms with E-state index in [0.717, 1.165) is 48.1 Å². The highest BCUT2D eigenvalue weighted by Crippen LogP contribution is 2.42. The summed E-state index contributed by atoms with van der Waals surface area (Å²) in [7, 11) is 0. The number of guanidine groups is 2. The van der Waals surface area contributed by atoms with Gasteiger partial charge in [-0.25, -0.2) is 9.57 Å². The van der Waals surface area contributed by atoms with E-state index in [1.807, 2.05) is 12.1 Å². The summed E-state index contributed by atoms with van der Waals surface area (Å²) in [5, 5.41) is 32.1. The Morgan fingerprint density at radius 1 is 1.13 bits per heavy atom. The Kier molecular flexibility index (Phi) is 5.61. The number of rotatable bonds is 4. The fraction of sp³-hybridized carbons (Fsp3) is 0.560. The van der Waals surface area contributed by atoms with Crippen LogP contribution < -0.4 is 27.4 Å². The van der Waals surface area contributed by atoms with Gasteiger partial charge in [-0.15, -0.1) is 0 Å². The van der Waals surface area contributed by atoms with Crippen molar-refractivity contribution >= 4 is 29.6 Å². The first-order chi connectivity index (χ1) is 18.1. The first-order valence-corrected chi connectivity index (χ1v) is 13.1. The predicted molar refractivity (Wildman–Crippen MR) is 135 cm³/mol. The van der Waals surface area contributed by atoms with Crippen molar-refractivity contribution in [1.29, 1.82) is 0 Å². The van der Waals surface area contributed by atoms with Crippen LogP contribution in [-0.4, -0.2) is 92.0 Å². The van der Waals surface area contributed by atoms with Crippen LogP contribution in [0.15, 0.2) is 23.2 Å². The highest BCUT2D eigenvalue weighted by Gasteiger charge is 2.75. The van der Waals surface area contributed by atoms with Gasteiger partial charge in [-0.1, -0.05) is 18.6 Å². The van der Waals surface area contributed by atoms with Gasteiger partial charge in [-0.3, -0.25) is 30.3 Å². The van der Waals surface area contributed by atoms with Crippen molar-refractivity contribution in [2.45, 2.75) is 74.5 Å². The quantitative estimate of drug-likeness (QED) is 0.0938. The lowest BCUT2D eigenvalue weighted by molar-refractivity contribution is -0.623. The molecular weight excluding hydrogens is 492 g/mol. The van der Waals surface area contributed by atoms with Gasteiger partial charge >= 0.3 is 5.96 Å². The molecule has 202 valence electrons. The summed E-state index contributed by atoms with van der Waals surface area (Å²) in [6, 6.07) is 2.80. The molecule has 1 aliphatic carbocycles. The number of carbonyl (C=O) groups excluding carboxylic acids is 3. The summed E-state index contributed by atoms with van der Waals surface area (Å²) in [6.07, 6.45) is 5.10. The zero-order chi connectivity index (χ0) is 26.8. The minimum atomic E-state index is -2.58. The van der Waals surface area contributed by atoms with Gasteiger partial charge in [0.25, 0.3) is 5.91 Å². The van der Waals surface area contributed by atoms with Crippen molar-refractivity contribution in [3.8, 4) is 0 Å². The molecule has 0 saturated carbocycles. The molecule has 1 aromatic rings. The number of fused-ring (bicyclic) bond motifs is 1. The number of amides is 3. The summed E-state index contributed by atoms with van der Waals surface area (Å²) < 4.78 is 1.50. The molecular formula is C25H33N8O5+.